The van der Waals surface area contributed by atoms with E-state index in [9.17, 15) is 0 Å². The molecule has 0 amide bonds. The number of rotatable bonds is 4. The van der Waals surface area contributed by atoms with Crippen molar-refractivity contribution in [2.75, 3.05) is 0 Å². The maximum absolute atomic E-state index is 6.43. The van der Waals surface area contributed by atoms with Crippen molar-refractivity contribution in [1.29, 1.82) is 0 Å². The van der Waals surface area contributed by atoms with Gasteiger partial charge in [-0.3, -0.25) is 0 Å². The molecular weight excluding hydrogens is 250 g/mol. The Morgan fingerprint density at radius 2 is 1.65 bits per heavy atom. The van der Waals surface area contributed by atoms with Crippen molar-refractivity contribution in [3.8, 4) is 0 Å². The first-order valence-electron chi connectivity index (χ1n) is 8.37. The van der Waals surface area contributed by atoms with Crippen LogP contribution in [0, 0.1) is 5.92 Å². The fourth-order valence-electron chi connectivity index (χ4n) is 3.90. The molecule has 1 heterocycles. The average molecular weight is 277 g/mol. The summed E-state index contributed by atoms with van der Waals surface area (Å²) in [5.41, 5.74) is 6.43. The third-order valence-corrected chi connectivity index (χ3v) is 5.16. The lowest BCUT2D eigenvalue weighted by Crippen LogP contribution is -2.35. The highest BCUT2D eigenvalue weighted by molar-refractivity contribution is 4.92. The lowest BCUT2D eigenvalue weighted by molar-refractivity contribution is 0.286. The first-order valence-corrected chi connectivity index (χ1v) is 8.37. The standard InChI is InChI=1S/C15H27N5/c16-14(12-7-3-1-4-8-12)11-15-17-18-19-20(15)13-9-5-2-6-10-13/h12-14H,1-11,16H2. The number of hydrogen-bond donors (Lipinski definition) is 1. The van der Waals surface area contributed by atoms with Crippen LogP contribution in [0.25, 0.3) is 0 Å². The molecule has 0 aliphatic heterocycles. The molecule has 2 aliphatic carbocycles. The van der Waals surface area contributed by atoms with Crippen LogP contribution in [0.5, 0.6) is 0 Å². The normalized spacial score (nSPS) is 23.9. The van der Waals surface area contributed by atoms with Crippen molar-refractivity contribution < 1.29 is 0 Å². The number of nitrogens with two attached hydrogens (primary N) is 1. The SMILES string of the molecule is NC(Cc1nnnn1C1CCCCC1)C1CCCCC1. The van der Waals surface area contributed by atoms with Gasteiger partial charge in [-0.25, -0.2) is 4.68 Å². The fourth-order valence-corrected chi connectivity index (χ4v) is 3.90. The van der Waals surface area contributed by atoms with Gasteiger partial charge in [0.15, 0.2) is 5.82 Å². The lowest BCUT2D eigenvalue weighted by Gasteiger charge is -2.28. The van der Waals surface area contributed by atoms with E-state index in [1.165, 1.54) is 64.2 Å². The minimum Gasteiger partial charge on any atom is -0.327 e. The van der Waals surface area contributed by atoms with Gasteiger partial charge in [-0.05, 0) is 42.0 Å². The van der Waals surface area contributed by atoms with E-state index >= 15 is 0 Å². The zero-order chi connectivity index (χ0) is 13.8. The van der Waals surface area contributed by atoms with E-state index in [1.807, 2.05) is 0 Å². The molecule has 1 atom stereocenters. The van der Waals surface area contributed by atoms with Gasteiger partial charge in [0.2, 0.25) is 0 Å². The van der Waals surface area contributed by atoms with Crippen molar-refractivity contribution in [2.45, 2.75) is 82.7 Å². The average Bonchev–Trinajstić information content (AvgIpc) is 2.97. The third-order valence-electron chi connectivity index (χ3n) is 5.16. The second-order valence-electron chi connectivity index (χ2n) is 6.60. The van der Waals surface area contributed by atoms with Gasteiger partial charge in [-0.15, -0.1) is 5.10 Å². The van der Waals surface area contributed by atoms with Crippen molar-refractivity contribution in [2.24, 2.45) is 11.7 Å². The van der Waals surface area contributed by atoms with Crippen LogP contribution in [0.15, 0.2) is 0 Å². The topological polar surface area (TPSA) is 69.6 Å². The van der Waals surface area contributed by atoms with Gasteiger partial charge in [-0.2, -0.15) is 0 Å². The Labute approximate surface area is 121 Å². The summed E-state index contributed by atoms with van der Waals surface area (Å²) in [5, 5.41) is 12.4. The molecule has 3 rings (SSSR count). The Morgan fingerprint density at radius 3 is 2.35 bits per heavy atom. The predicted octanol–water partition coefficient (Wildman–Crippen LogP) is 2.63. The van der Waals surface area contributed by atoms with Gasteiger partial charge in [0.25, 0.3) is 0 Å². The molecule has 0 saturated heterocycles. The summed E-state index contributed by atoms with van der Waals surface area (Å²) in [5.74, 6) is 1.68. The van der Waals surface area contributed by atoms with Crippen LogP contribution in [-0.2, 0) is 6.42 Å². The molecule has 2 saturated carbocycles. The Hall–Kier alpha value is -0.970. The maximum Gasteiger partial charge on any atom is 0.153 e. The molecule has 2 fully saturated rings. The van der Waals surface area contributed by atoms with Gasteiger partial charge in [-0.1, -0.05) is 38.5 Å². The number of hydrogen-bond acceptors (Lipinski definition) is 4. The molecule has 2 N–H and O–H groups in total. The molecule has 1 unspecified atom stereocenters. The third kappa shape index (κ3) is 3.19. The van der Waals surface area contributed by atoms with Crippen molar-refractivity contribution in [3.05, 3.63) is 5.82 Å². The largest absolute Gasteiger partial charge is 0.327 e. The van der Waals surface area contributed by atoms with E-state index in [4.69, 9.17) is 5.73 Å². The van der Waals surface area contributed by atoms with Crippen molar-refractivity contribution in [1.82, 2.24) is 20.2 Å². The lowest BCUT2D eigenvalue weighted by atomic mass is 9.83. The molecule has 20 heavy (non-hydrogen) atoms. The van der Waals surface area contributed by atoms with E-state index in [0.29, 0.717) is 12.0 Å². The van der Waals surface area contributed by atoms with Gasteiger partial charge in [0.05, 0.1) is 6.04 Å². The molecule has 1 aromatic rings. The van der Waals surface area contributed by atoms with Crippen molar-refractivity contribution in [3.63, 3.8) is 0 Å². The molecule has 0 bridgehead atoms. The highest BCUT2D eigenvalue weighted by Gasteiger charge is 2.25. The molecule has 0 spiro atoms. The summed E-state index contributed by atoms with van der Waals surface area (Å²) in [7, 11) is 0. The number of aromatic nitrogens is 4. The Bertz CT molecular complexity index is 404. The molecule has 5 heteroatoms. The second-order valence-corrected chi connectivity index (χ2v) is 6.60. The molecule has 0 radical (unpaired) electrons. The van der Waals surface area contributed by atoms with E-state index in [1.54, 1.807) is 0 Å². The quantitative estimate of drug-likeness (QED) is 0.918. The zero-order valence-corrected chi connectivity index (χ0v) is 12.4. The summed E-state index contributed by atoms with van der Waals surface area (Å²) in [6, 6.07) is 0.732. The molecular formula is C15H27N5. The Kier molecular flexibility index (Phi) is 4.65. The molecule has 0 aromatic carbocycles. The molecule has 112 valence electrons. The fraction of sp³-hybridized carbons (Fsp3) is 0.933. The van der Waals surface area contributed by atoms with Crippen LogP contribution in [0.3, 0.4) is 0 Å². The molecule has 5 nitrogen and oxygen atoms in total. The van der Waals surface area contributed by atoms with Gasteiger partial charge in [0.1, 0.15) is 0 Å². The summed E-state index contributed by atoms with van der Waals surface area (Å²) in [4.78, 5) is 0. The number of nitrogens with zero attached hydrogens (tertiary/aromatic N) is 4. The van der Waals surface area contributed by atoms with E-state index in [-0.39, 0.29) is 6.04 Å². The summed E-state index contributed by atoms with van der Waals surface area (Å²) >= 11 is 0. The first-order chi connectivity index (χ1) is 9.84. The van der Waals surface area contributed by atoms with E-state index in [0.717, 1.165) is 12.2 Å². The second kappa shape index (κ2) is 6.66. The Balaban J connectivity index is 1.63. The number of tetrazole rings is 1. The van der Waals surface area contributed by atoms with Crippen LogP contribution in [-0.4, -0.2) is 26.2 Å². The van der Waals surface area contributed by atoms with E-state index < -0.39 is 0 Å². The smallest absolute Gasteiger partial charge is 0.153 e. The van der Waals surface area contributed by atoms with Gasteiger partial charge < -0.3 is 5.73 Å². The minimum atomic E-state index is 0.226. The predicted molar refractivity (Wildman–Crippen MR) is 78.2 cm³/mol. The maximum atomic E-state index is 6.43. The van der Waals surface area contributed by atoms with Crippen LogP contribution in [0.4, 0.5) is 0 Å². The minimum absolute atomic E-state index is 0.226. The highest BCUT2D eigenvalue weighted by Crippen LogP contribution is 2.30. The van der Waals surface area contributed by atoms with Crippen LogP contribution < -0.4 is 5.73 Å². The van der Waals surface area contributed by atoms with Gasteiger partial charge >= 0.3 is 0 Å². The van der Waals surface area contributed by atoms with Gasteiger partial charge in [0, 0.05) is 12.5 Å². The van der Waals surface area contributed by atoms with Crippen LogP contribution >= 0.6 is 0 Å². The summed E-state index contributed by atoms with van der Waals surface area (Å²) in [6.07, 6.45) is 13.9. The first kappa shape index (κ1) is 14.0. The molecule has 2 aliphatic rings. The van der Waals surface area contributed by atoms with Crippen LogP contribution in [0.2, 0.25) is 0 Å². The monoisotopic (exact) mass is 277 g/mol. The highest BCUT2D eigenvalue weighted by atomic mass is 15.5. The molecule has 1 aromatic heterocycles. The Morgan fingerprint density at radius 1 is 1.00 bits per heavy atom. The van der Waals surface area contributed by atoms with Crippen molar-refractivity contribution >= 4 is 0 Å². The summed E-state index contributed by atoms with van der Waals surface area (Å²) in [6.45, 7) is 0. The van der Waals surface area contributed by atoms with Crippen LogP contribution in [0.1, 0.15) is 76.1 Å². The van der Waals surface area contributed by atoms with E-state index in [2.05, 4.69) is 20.2 Å². The summed E-state index contributed by atoms with van der Waals surface area (Å²) < 4.78 is 2.07. The zero-order valence-electron chi connectivity index (χ0n) is 12.4.